The normalized spacial score (nSPS) is 20.9. The lowest BCUT2D eigenvalue weighted by molar-refractivity contribution is 0.632. The molecule has 0 saturated carbocycles. The number of thiazole rings is 2. The third kappa shape index (κ3) is 1.82. The first-order chi connectivity index (χ1) is 7.43. The molecular weight excluding hydrogens is 226 g/mol. The number of aromatic nitrogens is 2. The van der Waals surface area contributed by atoms with Crippen LogP contribution >= 0.6 is 22.7 Å². The largest absolute Gasteiger partial charge is 0.309 e. The average molecular weight is 237 g/mol. The Morgan fingerprint density at radius 2 is 2.40 bits per heavy atom. The molecule has 15 heavy (non-hydrogen) atoms. The van der Waals surface area contributed by atoms with E-state index in [-0.39, 0.29) is 0 Å². The van der Waals surface area contributed by atoms with Crippen molar-refractivity contribution < 1.29 is 0 Å². The molecule has 3 heterocycles. The van der Waals surface area contributed by atoms with Gasteiger partial charge < -0.3 is 5.32 Å². The second kappa shape index (κ2) is 4.00. The molecule has 0 amide bonds. The zero-order valence-electron chi connectivity index (χ0n) is 8.14. The molecule has 0 spiro atoms. The van der Waals surface area contributed by atoms with Crippen LogP contribution in [0.4, 0.5) is 0 Å². The lowest BCUT2D eigenvalue weighted by Gasteiger charge is -2.04. The molecule has 2 aromatic heterocycles. The first-order valence-corrected chi connectivity index (χ1v) is 6.83. The lowest BCUT2D eigenvalue weighted by Crippen LogP contribution is -2.12. The van der Waals surface area contributed by atoms with Crippen LogP contribution in [0, 0.1) is 0 Å². The van der Waals surface area contributed by atoms with Gasteiger partial charge in [0.1, 0.15) is 10.7 Å². The van der Waals surface area contributed by atoms with Crippen molar-refractivity contribution in [1.82, 2.24) is 15.3 Å². The Labute approximate surface area is 96.2 Å². The molecule has 0 aliphatic carbocycles. The first-order valence-electron chi connectivity index (χ1n) is 5.01. The van der Waals surface area contributed by atoms with E-state index in [4.69, 9.17) is 0 Å². The number of rotatable bonds is 2. The summed E-state index contributed by atoms with van der Waals surface area (Å²) in [7, 11) is 0. The molecule has 0 aromatic carbocycles. The fraction of sp³-hybridized carbons (Fsp3) is 0.400. The van der Waals surface area contributed by atoms with E-state index < -0.39 is 0 Å². The van der Waals surface area contributed by atoms with Gasteiger partial charge in [0.25, 0.3) is 0 Å². The van der Waals surface area contributed by atoms with Crippen LogP contribution in [0.25, 0.3) is 10.7 Å². The summed E-state index contributed by atoms with van der Waals surface area (Å²) in [5.41, 5.74) is 4.04. The number of hydrogen-bond acceptors (Lipinski definition) is 5. The lowest BCUT2D eigenvalue weighted by atomic mass is 10.2. The van der Waals surface area contributed by atoms with Gasteiger partial charge >= 0.3 is 0 Å². The summed E-state index contributed by atoms with van der Waals surface area (Å²) < 4.78 is 0. The Hall–Kier alpha value is -0.780. The Balaban J connectivity index is 1.87. The van der Waals surface area contributed by atoms with Gasteiger partial charge in [0.15, 0.2) is 0 Å². The third-order valence-electron chi connectivity index (χ3n) is 2.59. The fourth-order valence-electron chi connectivity index (χ4n) is 1.82. The highest BCUT2D eigenvalue weighted by Crippen LogP contribution is 2.29. The minimum atomic E-state index is 0.466. The van der Waals surface area contributed by atoms with Gasteiger partial charge in [-0.15, -0.1) is 22.7 Å². The van der Waals surface area contributed by atoms with Crippen LogP contribution in [0.2, 0.25) is 0 Å². The quantitative estimate of drug-likeness (QED) is 0.872. The molecule has 2 aromatic rings. The fourth-order valence-corrected chi connectivity index (χ4v) is 3.27. The van der Waals surface area contributed by atoms with Crippen molar-refractivity contribution in [2.75, 3.05) is 6.54 Å². The summed E-state index contributed by atoms with van der Waals surface area (Å²) >= 11 is 3.30. The van der Waals surface area contributed by atoms with Crippen LogP contribution < -0.4 is 5.32 Å². The maximum atomic E-state index is 4.63. The second-order valence-corrected chi connectivity index (χ2v) is 5.18. The van der Waals surface area contributed by atoms with Crippen molar-refractivity contribution >= 4 is 22.7 Å². The Morgan fingerprint density at radius 3 is 3.13 bits per heavy atom. The monoisotopic (exact) mass is 237 g/mol. The molecule has 1 aliphatic rings. The number of hydrogen-bond donors (Lipinski definition) is 1. The van der Waals surface area contributed by atoms with E-state index in [1.807, 2.05) is 10.9 Å². The summed E-state index contributed by atoms with van der Waals surface area (Å²) in [6, 6.07) is 0.466. The Morgan fingerprint density at radius 1 is 1.40 bits per heavy atom. The van der Waals surface area contributed by atoms with Crippen molar-refractivity contribution in [3.05, 3.63) is 22.0 Å². The van der Waals surface area contributed by atoms with Gasteiger partial charge in [-0.05, 0) is 19.4 Å². The van der Waals surface area contributed by atoms with Crippen molar-refractivity contribution in [3.8, 4) is 10.7 Å². The van der Waals surface area contributed by atoms with E-state index >= 15 is 0 Å². The van der Waals surface area contributed by atoms with Gasteiger partial charge in [0.2, 0.25) is 0 Å². The zero-order chi connectivity index (χ0) is 10.1. The van der Waals surface area contributed by atoms with E-state index in [0.717, 1.165) is 17.2 Å². The molecule has 1 fully saturated rings. The highest BCUT2D eigenvalue weighted by molar-refractivity contribution is 7.13. The molecule has 1 atom stereocenters. The molecule has 0 bridgehead atoms. The Kier molecular flexibility index (Phi) is 2.52. The van der Waals surface area contributed by atoms with Crippen molar-refractivity contribution in [1.29, 1.82) is 0 Å². The summed E-state index contributed by atoms with van der Waals surface area (Å²) in [4.78, 5) is 8.91. The molecule has 1 saturated heterocycles. The standard InChI is InChI=1S/C10H11N3S2/c1-2-7(11-3-1)8-5-15-10(13-8)9-4-14-6-12-9/h4-7,11H,1-3H2/t7-/m1/s1. The summed E-state index contributed by atoms with van der Waals surface area (Å²) in [6.07, 6.45) is 2.47. The summed E-state index contributed by atoms with van der Waals surface area (Å²) in [6.45, 7) is 1.12. The molecule has 0 radical (unpaired) electrons. The van der Waals surface area contributed by atoms with E-state index in [1.165, 1.54) is 18.5 Å². The highest BCUT2D eigenvalue weighted by Gasteiger charge is 2.19. The van der Waals surface area contributed by atoms with E-state index in [0.29, 0.717) is 6.04 Å². The molecule has 78 valence electrons. The predicted octanol–water partition coefficient (Wildman–Crippen LogP) is 2.69. The molecule has 3 rings (SSSR count). The number of nitrogens with zero attached hydrogens (tertiary/aromatic N) is 2. The SMILES string of the molecule is c1nc(-c2nc([C@H]3CCCN3)cs2)cs1. The Bertz CT molecular complexity index is 429. The maximum Gasteiger partial charge on any atom is 0.143 e. The molecule has 5 heteroatoms. The molecule has 1 aliphatic heterocycles. The zero-order valence-corrected chi connectivity index (χ0v) is 9.77. The molecule has 3 nitrogen and oxygen atoms in total. The van der Waals surface area contributed by atoms with Gasteiger partial charge in [0, 0.05) is 10.8 Å². The third-order valence-corrected chi connectivity index (χ3v) is 4.06. The minimum Gasteiger partial charge on any atom is -0.309 e. The van der Waals surface area contributed by atoms with E-state index in [2.05, 4.69) is 20.7 Å². The van der Waals surface area contributed by atoms with Crippen LogP contribution in [-0.4, -0.2) is 16.5 Å². The van der Waals surface area contributed by atoms with Crippen LogP contribution in [0.1, 0.15) is 24.6 Å². The smallest absolute Gasteiger partial charge is 0.143 e. The van der Waals surface area contributed by atoms with Crippen molar-refractivity contribution in [2.45, 2.75) is 18.9 Å². The van der Waals surface area contributed by atoms with Crippen LogP contribution in [0.3, 0.4) is 0 Å². The van der Waals surface area contributed by atoms with Gasteiger partial charge in [0.05, 0.1) is 17.2 Å². The highest BCUT2D eigenvalue weighted by atomic mass is 32.1. The molecule has 0 unspecified atom stereocenters. The number of nitrogens with one attached hydrogen (secondary N) is 1. The van der Waals surface area contributed by atoms with Gasteiger partial charge in [-0.1, -0.05) is 0 Å². The van der Waals surface area contributed by atoms with Gasteiger partial charge in [-0.25, -0.2) is 9.97 Å². The van der Waals surface area contributed by atoms with Gasteiger partial charge in [-0.3, -0.25) is 0 Å². The minimum absolute atomic E-state index is 0.466. The van der Waals surface area contributed by atoms with E-state index in [1.54, 1.807) is 22.7 Å². The van der Waals surface area contributed by atoms with Crippen LogP contribution in [0.5, 0.6) is 0 Å². The van der Waals surface area contributed by atoms with Crippen molar-refractivity contribution in [3.63, 3.8) is 0 Å². The van der Waals surface area contributed by atoms with Crippen LogP contribution in [0.15, 0.2) is 16.3 Å². The van der Waals surface area contributed by atoms with Crippen LogP contribution in [-0.2, 0) is 0 Å². The maximum absolute atomic E-state index is 4.63. The second-order valence-electron chi connectivity index (χ2n) is 3.60. The predicted molar refractivity (Wildman–Crippen MR) is 63.2 cm³/mol. The molecular formula is C10H11N3S2. The topological polar surface area (TPSA) is 37.8 Å². The average Bonchev–Trinajstić information content (AvgIpc) is 3.02. The van der Waals surface area contributed by atoms with Crippen molar-refractivity contribution in [2.24, 2.45) is 0 Å². The summed E-state index contributed by atoms with van der Waals surface area (Å²) in [5.74, 6) is 0. The summed E-state index contributed by atoms with van der Waals surface area (Å²) in [5, 5.41) is 8.70. The molecule has 1 N–H and O–H groups in total. The van der Waals surface area contributed by atoms with Gasteiger partial charge in [-0.2, -0.15) is 0 Å². The first kappa shape index (κ1) is 9.45. The van der Waals surface area contributed by atoms with E-state index in [9.17, 15) is 0 Å².